The molecule has 0 aliphatic rings. The van der Waals surface area contributed by atoms with E-state index in [1.165, 1.54) is 24.3 Å². The van der Waals surface area contributed by atoms with Gasteiger partial charge in [0.05, 0.1) is 4.90 Å². The number of benzene rings is 1. The lowest BCUT2D eigenvalue weighted by molar-refractivity contribution is 0.0985. The fourth-order valence-corrected chi connectivity index (χ4v) is 1.79. The first-order chi connectivity index (χ1) is 6.95. The second-order valence-corrected chi connectivity index (χ2v) is 5.27. The molecule has 0 unspecified atom stereocenters. The molecule has 0 saturated carbocycles. The number of sulfone groups is 1. The second kappa shape index (κ2) is 4.55. The molecule has 15 heavy (non-hydrogen) atoms. The van der Waals surface area contributed by atoms with Gasteiger partial charge in [0.15, 0.2) is 15.6 Å². The number of Topliss-reactive ketones (excluding diaryl/α,β-unsaturated/α-hetero) is 1. The lowest BCUT2D eigenvalue weighted by atomic mass is 10.1. The molecular formula is C10H13NO3S. The van der Waals surface area contributed by atoms with Crippen molar-refractivity contribution < 1.29 is 13.2 Å². The molecule has 1 aromatic carbocycles. The van der Waals surface area contributed by atoms with Crippen LogP contribution in [0.2, 0.25) is 0 Å². The van der Waals surface area contributed by atoms with Crippen LogP contribution in [-0.4, -0.2) is 27.0 Å². The van der Waals surface area contributed by atoms with Crippen LogP contribution in [0.25, 0.3) is 0 Å². The highest BCUT2D eigenvalue weighted by Crippen LogP contribution is 2.11. The van der Waals surface area contributed by atoms with Crippen LogP contribution >= 0.6 is 0 Å². The molecule has 0 amide bonds. The summed E-state index contributed by atoms with van der Waals surface area (Å²) in [4.78, 5) is 11.6. The molecule has 0 spiro atoms. The minimum atomic E-state index is -3.19. The van der Waals surface area contributed by atoms with Gasteiger partial charge < -0.3 is 5.73 Å². The third-order valence-corrected chi connectivity index (χ3v) is 3.10. The van der Waals surface area contributed by atoms with Crippen molar-refractivity contribution >= 4 is 15.6 Å². The Morgan fingerprint density at radius 2 is 1.80 bits per heavy atom. The number of carbonyl (C=O) groups excluding carboxylic acids is 1. The molecular weight excluding hydrogens is 214 g/mol. The van der Waals surface area contributed by atoms with E-state index in [4.69, 9.17) is 5.73 Å². The standard InChI is InChI=1S/C10H13NO3S/c1-15(13,14)9-4-2-8(3-5-9)10(12)6-7-11/h2-5H,6-7,11H2,1H3. The molecule has 0 aliphatic carbocycles. The van der Waals surface area contributed by atoms with Crippen LogP contribution in [-0.2, 0) is 9.84 Å². The fourth-order valence-electron chi connectivity index (χ4n) is 1.16. The van der Waals surface area contributed by atoms with Gasteiger partial charge in [-0.05, 0) is 18.7 Å². The van der Waals surface area contributed by atoms with Crippen molar-refractivity contribution in [3.63, 3.8) is 0 Å². The molecule has 1 rings (SSSR count). The first-order valence-corrected chi connectivity index (χ1v) is 6.37. The number of nitrogens with two attached hydrogens (primary N) is 1. The van der Waals surface area contributed by atoms with E-state index in [1.807, 2.05) is 0 Å². The molecule has 0 fully saturated rings. The largest absolute Gasteiger partial charge is 0.330 e. The van der Waals surface area contributed by atoms with Gasteiger partial charge in [0.25, 0.3) is 0 Å². The summed E-state index contributed by atoms with van der Waals surface area (Å²) in [6, 6.07) is 5.88. The van der Waals surface area contributed by atoms with Gasteiger partial charge in [0, 0.05) is 18.2 Å². The molecule has 0 aromatic heterocycles. The maximum absolute atomic E-state index is 11.4. The number of ketones is 1. The summed E-state index contributed by atoms with van der Waals surface area (Å²) in [6.45, 7) is 0.298. The highest BCUT2D eigenvalue weighted by molar-refractivity contribution is 7.90. The number of hydrogen-bond acceptors (Lipinski definition) is 4. The Morgan fingerprint density at radius 1 is 1.27 bits per heavy atom. The zero-order valence-corrected chi connectivity index (χ0v) is 9.25. The molecule has 5 heteroatoms. The average Bonchev–Trinajstić information content (AvgIpc) is 2.17. The topological polar surface area (TPSA) is 77.2 Å². The van der Waals surface area contributed by atoms with Crippen LogP contribution in [0.1, 0.15) is 16.8 Å². The van der Waals surface area contributed by atoms with Gasteiger partial charge in [-0.3, -0.25) is 4.79 Å². The molecule has 0 heterocycles. The van der Waals surface area contributed by atoms with Gasteiger partial charge in [-0.2, -0.15) is 0 Å². The van der Waals surface area contributed by atoms with Crippen molar-refractivity contribution in [2.75, 3.05) is 12.8 Å². The Morgan fingerprint density at radius 3 is 2.20 bits per heavy atom. The van der Waals surface area contributed by atoms with Gasteiger partial charge in [0.2, 0.25) is 0 Å². The molecule has 4 nitrogen and oxygen atoms in total. The summed E-state index contributed by atoms with van der Waals surface area (Å²) in [5.41, 5.74) is 5.74. The van der Waals surface area contributed by atoms with Crippen molar-refractivity contribution in [2.24, 2.45) is 5.73 Å². The third-order valence-electron chi connectivity index (χ3n) is 1.98. The molecule has 1 aromatic rings. The van der Waals surface area contributed by atoms with Gasteiger partial charge >= 0.3 is 0 Å². The molecule has 0 saturated heterocycles. The van der Waals surface area contributed by atoms with Crippen molar-refractivity contribution in [2.45, 2.75) is 11.3 Å². The van der Waals surface area contributed by atoms with E-state index in [1.54, 1.807) is 0 Å². The molecule has 0 radical (unpaired) electrons. The molecule has 0 bridgehead atoms. The Bertz CT molecular complexity index is 448. The number of hydrogen-bond donors (Lipinski definition) is 1. The average molecular weight is 227 g/mol. The van der Waals surface area contributed by atoms with E-state index in [0.717, 1.165) is 6.26 Å². The van der Waals surface area contributed by atoms with E-state index >= 15 is 0 Å². The van der Waals surface area contributed by atoms with Gasteiger partial charge in [-0.25, -0.2) is 8.42 Å². The summed E-state index contributed by atoms with van der Waals surface area (Å²) in [7, 11) is -3.19. The molecule has 2 N–H and O–H groups in total. The van der Waals surface area contributed by atoms with E-state index in [-0.39, 0.29) is 17.1 Å². The summed E-state index contributed by atoms with van der Waals surface area (Å²) in [5, 5.41) is 0. The Hall–Kier alpha value is -1.20. The van der Waals surface area contributed by atoms with Crippen LogP contribution in [0.4, 0.5) is 0 Å². The normalized spacial score (nSPS) is 11.3. The van der Waals surface area contributed by atoms with Crippen molar-refractivity contribution in [3.8, 4) is 0 Å². The van der Waals surface area contributed by atoms with Crippen molar-refractivity contribution in [1.82, 2.24) is 0 Å². The van der Waals surface area contributed by atoms with Gasteiger partial charge in [-0.1, -0.05) is 12.1 Å². The quantitative estimate of drug-likeness (QED) is 0.765. The first kappa shape index (κ1) is 11.9. The van der Waals surface area contributed by atoms with Crippen LogP contribution in [0.15, 0.2) is 29.2 Å². The van der Waals surface area contributed by atoms with Crippen LogP contribution in [0.3, 0.4) is 0 Å². The predicted octanol–water partition coefficient (Wildman–Crippen LogP) is 0.622. The van der Waals surface area contributed by atoms with Crippen LogP contribution in [0.5, 0.6) is 0 Å². The zero-order valence-electron chi connectivity index (χ0n) is 8.43. The Labute approximate surface area is 89.0 Å². The van der Waals surface area contributed by atoms with Crippen LogP contribution in [0, 0.1) is 0 Å². The van der Waals surface area contributed by atoms with Crippen LogP contribution < -0.4 is 5.73 Å². The SMILES string of the molecule is CS(=O)(=O)c1ccc(C(=O)CCN)cc1. The first-order valence-electron chi connectivity index (χ1n) is 4.48. The predicted molar refractivity (Wildman–Crippen MR) is 57.6 cm³/mol. The zero-order chi connectivity index (χ0) is 11.5. The lowest BCUT2D eigenvalue weighted by Crippen LogP contribution is -2.08. The van der Waals surface area contributed by atoms with E-state index < -0.39 is 9.84 Å². The summed E-state index contributed by atoms with van der Waals surface area (Å²) in [6.07, 6.45) is 1.40. The number of rotatable bonds is 4. The summed E-state index contributed by atoms with van der Waals surface area (Å²) < 4.78 is 22.3. The maximum atomic E-state index is 11.4. The lowest BCUT2D eigenvalue weighted by Gasteiger charge is -2.01. The monoisotopic (exact) mass is 227 g/mol. The third kappa shape index (κ3) is 3.14. The Kier molecular flexibility index (Phi) is 3.60. The van der Waals surface area contributed by atoms with Gasteiger partial charge in [-0.15, -0.1) is 0 Å². The summed E-state index contributed by atoms with van der Waals surface area (Å²) >= 11 is 0. The minimum absolute atomic E-state index is 0.0717. The second-order valence-electron chi connectivity index (χ2n) is 3.26. The van der Waals surface area contributed by atoms with Crippen molar-refractivity contribution in [3.05, 3.63) is 29.8 Å². The van der Waals surface area contributed by atoms with E-state index in [2.05, 4.69) is 0 Å². The molecule has 0 atom stereocenters. The van der Waals surface area contributed by atoms with Crippen molar-refractivity contribution in [1.29, 1.82) is 0 Å². The van der Waals surface area contributed by atoms with Gasteiger partial charge in [0.1, 0.15) is 0 Å². The molecule has 0 aliphatic heterocycles. The number of carbonyl (C=O) groups is 1. The minimum Gasteiger partial charge on any atom is -0.330 e. The van der Waals surface area contributed by atoms with E-state index in [0.29, 0.717) is 12.1 Å². The van der Waals surface area contributed by atoms with E-state index in [9.17, 15) is 13.2 Å². The highest BCUT2D eigenvalue weighted by Gasteiger charge is 2.08. The maximum Gasteiger partial charge on any atom is 0.175 e. The Balaban J connectivity index is 2.96. The summed E-state index contributed by atoms with van der Waals surface area (Å²) in [5.74, 6) is -0.0717. The fraction of sp³-hybridized carbons (Fsp3) is 0.300. The smallest absolute Gasteiger partial charge is 0.175 e. The molecule has 82 valence electrons. The highest BCUT2D eigenvalue weighted by atomic mass is 32.2.